The molecule has 1 amide bonds. The van der Waals surface area contributed by atoms with Crippen molar-refractivity contribution < 1.29 is 9.18 Å². The molecule has 1 unspecified atom stereocenters. The standard InChI is InChI=1S/C24H19FN4O/c1-29(21-14-15-8-2-6-12-19(15)26-21)23-24(30)27-20-13-7-4-10-17(20)22(28-23)16-9-3-5-11-18(16)25/h2-14,23,26H,1H3,(H,27,30). The number of halogens is 1. The summed E-state index contributed by atoms with van der Waals surface area (Å²) in [6, 6.07) is 23.7. The fourth-order valence-corrected chi connectivity index (χ4v) is 3.76. The number of para-hydroxylation sites is 2. The molecule has 3 aromatic carbocycles. The van der Waals surface area contributed by atoms with Gasteiger partial charge in [0.1, 0.15) is 11.6 Å². The zero-order chi connectivity index (χ0) is 20.7. The van der Waals surface area contributed by atoms with Gasteiger partial charge in [0.25, 0.3) is 5.91 Å². The molecule has 0 saturated heterocycles. The Bertz CT molecular complexity index is 1260. The van der Waals surface area contributed by atoms with Gasteiger partial charge in [0.15, 0.2) is 0 Å². The number of nitrogens with one attached hydrogen (secondary N) is 2. The lowest BCUT2D eigenvalue weighted by atomic mass is 10.0. The number of aliphatic imine (C=N–C) groups is 1. The van der Waals surface area contributed by atoms with Crippen molar-refractivity contribution >= 4 is 34.0 Å². The highest BCUT2D eigenvalue weighted by atomic mass is 19.1. The first-order chi connectivity index (χ1) is 14.6. The molecule has 0 aliphatic carbocycles. The fraction of sp³-hybridized carbons (Fsp3) is 0.0833. The van der Waals surface area contributed by atoms with Crippen LogP contribution in [0.15, 0.2) is 83.9 Å². The molecule has 2 heterocycles. The van der Waals surface area contributed by atoms with E-state index in [4.69, 9.17) is 4.99 Å². The van der Waals surface area contributed by atoms with E-state index in [1.54, 1.807) is 36.2 Å². The van der Waals surface area contributed by atoms with Gasteiger partial charge in [-0.2, -0.15) is 0 Å². The molecule has 5 rings (SSSR count). The number of hydrogen-bond acceptors (Lipinski definition) is 3. The topological polar surface area (TPSA) is 60.5 Å². The summed E-state index contributed by atoms with van der Waals surface area (Å²) in [5, 5.41) is 3.98. The van der Waals surface area contributed by atoms with Crippen LogP contribution < -0.4 is 10.2 Å². The van der Waals surface area contributed by atoms with E-state index in [-0.39, 0.29) is 11.7 Å². The van der Waals surface area contributed by atoms with E-state index in [0.717, 1.165) is 16.7 Å². The summed E-state index contributed by atoms with van der Waals surface area (Å²) < 4.78 is 14.7. The molecule has 1 aliphatic rings. The predicted octanol–water partition coefficient (Wildman–Crippen LogP) is 4.56. The van der Waals surface area contributed by atoms with Crippen molar-refractivity contribution in [2.24, 2.45) is 4.99 Å². The number of aromatic nitrogens is 1. The average molecular weight is 398 g/mol. The van der Waals surface area contributed by atoms with Gasteiger partial charge in [0, 0.05) is 29.1 Å². The van der Waals surface area contributed by atoms with E-state index in [2.05, 4.69) is 10.3 Å². The molecule has 6 heteroatoms. The molecule has 1 atom stereocenters. The smallest absolute Gasteiger partial charge is 0.269 e. The summed E-state index contributed by atoms with van der Waals surface area (Å²) in [4.78, 5) is 22.9. The van der Waals surface area contributed by atoms with Crippen molar-refractivity contribution in [3.8, 4) is 0 Å². The maximum absolute atomic E-state index is 14.7. The second kappa shape index (κ2) is 7.15. The van der Waals surface area contributed by atoms with Gasteiger partial charge in [-0.1, -0.05) is 48.5 Å². The third-order valence-electron chi connectivity index (χ3n) is 5.32. The Hall–Kier alpha value is -3.93. The van der Waals surface area contributed by atoms with E-state index in [9.17, 15) is 9.18 Å². The number of benzene rings is 3. The van der Waals surface area contributed by atoms with Gasteiger partial charge in [-0.25, -0.2) is 9.38 Å². The number of carbonyl (C=O) groups excluding carboxylic acids is 1. The van der Waals surface area contributed by atoms with Crippen LogP contribution >= 0.6 is 0 Å². The van der Waals surface area contributed by atoms with Gasteiger partial charge in [0.05, 0.1) is 11.4 Å². The molecular formula is C24H19FN4O. The van der Waals surface area contributed by atoms with Crippen LogP contribution in [0.25, 0.3) is 10.9 Å². The normalized spacial score (nSPS) is 15.9. The van der Waals surface area contributed by atoms with Gasteiger partial charge in [-0.15, -0.1) is 0 Å². The lowest BCUT2D eigenvalue weighted by Crippen LogP contribution is -2.40. The minimum atomic E-state index is -0.875. The molecule has 30 heavy (non-hydrogen) atoms. The molecule has 0 saturated carbocycles. The summed E-state index contributed by atoms with van der Waals surface area (Å²) >= 11 is 0. The monoisotopic (exact) mass is 398 g/mol. The highest BCUT2D eigenvalue weighted by Gasteiger charge is 2.30. The Morgan fingerprint density at radius 2 is 1.63 bits per heavy atom. The highest BCUT2D eigenvalue weighted by molar-refractivity contribution is 6.20. The van der Waals surface area contributed by atoms with Crippen LogP contribution in [0.1, 0.15) is 11.1 Å². The minimum absolute atomic E-state index is 0.282. The second-order valence-corrected chi connectivity index (χ2v) is 7.22. The van der Waals surface area contributed by atoms with Crippen LogP contribution in [0.4, 0.5) is 15.9 Å². The number of H-pyrrole nitrogens is 1. The number of carbonyl (C=O) groups is 1. The molecule has 0 spiro atoms. The molecule has 4 aromatic rings. The lowest BCUT2D eigenvalue weighted by molar-refractivity contribution is -0.117. The lowest BCUT2D eigenvalue weighted by Gasteiger charge is -2.24. The number of fused-ring (bicyclic) bond motifs is 2. The Morgan fingerprint density at radius 3 is 2.43 bits per heavy atom. The molecule has 1 aliphatic heterocycles. The average Bonchev–Trinajstić information content (AvgIpc) is 3.13. The Kier molecular flexibility index (Phi) is 4.32. The van der Waals surface area contributed by atoms with Crippen LogP contribution in [0.3, 0.4) is 0 Å². The molecule has 0 radical (unpaired) electrons. The van der Waals surface area contributed by atoms with Gasteiger partial charge in [-0.3, -0.25) is 4.79 Å². The number of hydrogen-bond donors (Lipinski definition) is 2. The first-order valence-electron chi connectivity index (χ1n) is 9.65. The SMILES string of the molecule is CN(c1cc2ccccc2[nH]1)C1N=C(c2ccccc2F)c2ccccc2NC1=O. The van der Waals surface area contributed by atoms with Crippen LogP contribution in [-0.4, -0.2) is 29.8 Å². The van der Waals surface area contributed by atoms with Crippen LogP contribution in [0.5, 0.6) is 0 Å². The first kappa shape index (κ1) is 18.1. The van der Waals surface area contributed by atoms with Crippen LogP contribution in [0.2, 0.25) is 0 Å². The maximum Gasteiger partial charge on any atom is 0.269 e. The molecule has 5 nitrogen and oxygen atoms in total. The maximum atomic E-state index is 14.7. The van der Waals surface area contributed by atoms with Crippen LogP contribution in [0, 0.1) is 5.82 Å². The van der Waals surface area contributed by atoms with E-state index >= 15 is 0 Å². The van der Waals surface area contributed by atoms with Gasteiger partial charge in [0.2, 0.25) is 6.17 Å². The minimum Gasteiger partial charge on any atom is -0.341 e. The van der Waals surface area contributed by atoms with Crippen molar-refractivity contribution in [3.05, 3.63) is 95.8 Å². The summed E-state index contributed by atoms with van der Waals surface area (Å²) in [6.07, 6.45) is -0.875. The molecule has 0 fully saturated rings. The highest BCUT2D eigenvalue weighted by Crippen LogP contribution is 2.28. The number of anilines is 2. The van der Waals surface area contributed by atoms with Crippen molar-refractivity contribution in [1.82, 2.24) is 4.98 Å². The fourth-order valence-electron chi connectivity index (χ4n) is 3.76. The summed E-state index contributed by atoms with van der Waals surface area (Å²) in [5.74, 6) is 0.0845. The van der Waals surface area contributed by atoms with Crippen molar-refractivity contribution in [3.63, 3.8) is 0 Å². The molecule has 0 bridgehead atoms. The van der Waals surface area contributed by atoms with Gasteiger partial charge in [-0.05, 0) is 30.3 Å². The number of aromatic amines is 1. The molecule has 148 valence electrons. The molecule has 2 N–H and O–H groups in total. The number of nitrogens with zero attached hydrogens (tertiary/aromatic N) is 2. The zero-order valence-electron chi connectivity index (χ0n) is 16.3. The Labute approximate surface area is 172 Å². The third-order valence-corrected chi connectivity index (χ3v) is 5.32. The van der Waals surface area contributed by atoms with Crippen LogP contribution in [-0.2, 0) is 4.79 Å². The van der Waals surface area contributed by atoms with E-state index in [1.807, 2.05) is 48.5 Å². The Morgan fingerprint density at radius 1 is 0.933 bits per heavy atom. The summed E-state index contributed by atoms with van der Waals surface area (Å²) in [5.41, 5.74) is 3.06. The van der Waals surface area contributed by atoms with Crippen molar-refractivity contribution in [2.45, 2.75) is 6.17 Å². The predicted molar refractivity (Wildman–Crippen MR) is 118 cm³/mol. The number of rotatable bonds is 3. The number of amides is 1. The van der Waals surface area contributed by atoms with E-state index in [1.165, 1.54) is 6.07 Å². The third kappa shape index (κ3) is 3.03. The van der Waals surface area contributed by atoms with Gasteiger partial charge < -0.3 is 15.2 Å². The second-order valence-electron chi connectivity index (χ2n) is 7.22. The summed E-state index contributed by atoms with van der Waals surface area (Å²) in [6.45, 7) is 0. The van der Waals surface area contributed by atoms with E-state index < -0.39 is 6.17 Å². The summed E-state index contributed by atoms with van der Waals surface area (Å²) in [7, 11) is 1.80. The first-order valence-corrected chi connectivity index (χ1v) is 9.65. The Balaban J connectivity index is 1.65. The molecular weight excluding hydrogens is 379 g/mol. The zero-order valence-corrected chi connectivity index (χ0v) is 16.3. The van der Waals surface area contributed by atoms with Gasteiger partial charge >= 0.3 is 0 Å². The van der Waals surface area contributed by atoms with E-state index in [0.29, 0.717) is 22.5 Å². The largest absolute Gasteiger partial charge is 0.341 e. The molecule has 1 aromatic heterocycles. The number of benzodiazepines with no additional fused rings is 1. The number of likely N-dealkylation sites (N-methyl/N-ethyl adjacent to an activating group) is 1. The quantitative estimate of drug-likeness (QED) is 0.532. The van der Waals surface area contributed by atoms with Crippen molar-refractivity contribution in [1.29, 1.82) is 0 Å². The van der Waals surface area contributed by atoms with Crippen molar-refractivity contribution in [2.75, 3.05) is 17.3 Å².